The van der Waals surface area contributed by atoms with Crippen LogP contribution < -0.4 is 10.6 Å². The summed E-state index contributed by atoms with van der Waals surface area (Å²) < 4.78 is 10.9. The molecule has 3 unspecified atom stereocenters. The average Bonchev–Trinajstić information content (AvgIpc) is 2.90. The normalized spacial score (nSPS) is 30.1. The number of rotatable bonds is 5. The number of carbonyl (C=O) groups excluding carboxylic acids is 1. The number of hydrogen-bond acceptors (Lipinski definition) is 4. The smallest absolute Gasteiger partial charge is 0.224 e. The monoisotopic (exact) mass is 256 g/mol. The average molecular weight is 256 g/mol. The van der Waals surface area contributed by atoms with Gasteiger partial charge in [0.1, 0.15) is 0 Å². The van der Waals surface area contributed by atoms with Gasteiger partial charge in [-0.2, -0.15) is 0 Å². The molecule has 0 spiro atoms. The third-order valence-corrected chi connectivity index (χ3v) is 3.53. The quantitative estimate of drug-likeness (QED) is 0.742. The van der Waals surface area contributed by atoms with Crippen LogP contribution in [0.5, 0.6) is 0 Å². The Balaban J connectivity index is 1.62. The molecule has 1 amide bonds. The van der Waals surface area contributed by atoms with Crippen LogP contribution in [0.3, 0.4) is 0 Å². The summed E-state index contributed by atoms with van der Waals surface area (Å²) in [7, 11) is 0. The molecule has 3 atom stereocenters. The molecule has 18 heavy (non-hydrogen) atoms. The molecule has 0 aromatic carbocycles. The van der Waals surface area contributed by atoms with E-state index in [9.17, 15) is 4.79 Å². The van der Waals surface area contributed by atoms with E-state index in [1.54, 1.807) is 0 Å². The standard InChI is InChI=1S/C13H24N2O3/c1-10(8-18-12-4-6-17-9-12)15-13(16)11-3-2-5-14-7-11/h10-12,14H,2-9H2,1H3,(H,15,16). The molecule has 2 aliphatic rings. The molecule has 0 aliphatic carbocycles. The van der Waals surface area contributed by atoms with Crippen molar-refractivity contribution in [1.29, 1.82) is 0 Å². The van der Waals surface area contributed by atoms with Crippen LogP contribution in [0.25, 0.3) is 0 Å². The van der Waals surface area contributed by atoms with Gasteiger partial charge in [-0.1, -0.05) is 0 Å². The van der Waals surface area contributed by atoms with Gasteiger partial charge in [-0.3, -0.25) is 4.79 Å². The number of piperidine rings is 1. The highest BCUT2D eigenvalue weighted by Gasteiger charge is 2.23. The molecule has 5 nitrogen and oxygen atoms in total. The summed E-state index contributed by atoms with van der Waals surface area (Å²) in [6, 6.07) is 0.0695. The lowest BCUT2D eigenvalue weighted by atomic mass is 9.98. The Morgan fingerprint density at radius 3 is 3.11 bits per heavy atom. The maximum absolute atomic E-state index is 12.0. The zero-order valence-corrected chi connectivity index (χ0v) is 11.1. The number of nitrogens with one attached hydrogen (secondary N) is 2. The van der Waals surface area contributed by atoms with Gasteiger partial charge in [-0.15, -0.1) is 0 Å². The molecule has 2 N–H and O–H groups in total. The highest BCUT2D eigenvalue weighted by molar-refractivity contribution is 5.79. The second-order valence-corrected chi connectivity index (χ2v) is 5.27. The van der Waals surface area contributed by atoms with Gasteiger partial charge in [0.25, 0.3) is 0 Å². The fourth-order valence-electron chi connectivity index (χ4n) is 2.40. The molecule has 0 saturated carbocycles. The Hall–Kier alpha value is -0.650. The molecule has 2 heterocycles. The lowest BCUT2D eigenvalue weighted by Crippen LogP contribution is -2.45. The number of hydrogen-bond donors (Lipinski definition) is 2. The first-order valence-corrected chi connectivity index (χ1v) is 6.96. The van der Waals surface area contributed by atoms with E-state index in [2.05, 4.69) is 10.6 Å². The zero-order valence-electron chi connectivity index (χ0n) is 11.1. The van der Waals surface area contributed by atoms with Crippen molar-refractivity contribution in [1.82, 2.24) is 10.6 Å². The van der Waals surface area contributed by atoms with Gasteiger partial charge >= 0.3 is 0 Å². The second kappa shape index (κ2) is 7.07. The third kappa shape index (κ3) is 4.23. The fraction of sp³-hybridized carbons (Fsp3) is 0.923. The molecule has 0 bridgehead atoms. The molecule has 0 aromatic rings. The first-order chi connectivity index (χ1) is 8.75. The minimum absolute atomic E-state index is 0.0695. The van der Waals surface area contributed by atoms with Gasteiger partial charge in [0, 0.05) is 19.2 Å². The number of carbonyl (C=O) groups is 1. The summed E-state index contributed by atoms with van der Waals surface area (Å²) in [5.74, 6) is 0.275. The molecule has 0 radical (unpaired) electrons. The van der Waals surface area contributed by atoms with E-state index >= 15 is 0 Å². The predicted molar refractivity (Wildman–Crippen MR) is 68.4 cm³/mol. The van der Waals surface area contributed by atoms with Crippen molar-refractivity contribution in [2.24, 2.45) is 5.92 Å². The topological polar surface area (TPSA) is 59.6 Å². The molecule has 2 aliphatic heterocycles. The summed E-state index contributed by atoms with van der Waals surface area (Å²) in [5, 5.41) is 6.29. The van der Waals surface area contributed by atoms with Crippen LogP contribution in [0, 0.1) is 5.92 Å². The maximum Gasteiger partial charge on any atom is 0.224 e. The van der Waals surface area contributed by atoms with E-state index in [4.69, 9.17) is 9.47 Å². The van der Waals surface area contributed by atoms with E-state index in [0.29, 0.717) is 13.2 Å². The van der Waals surface area contributed by atoms with Crippen LogP contribution in [0.15, 0.2) is 0 Å². The lowest BCUT2D eigenvalue weighted by Gasteiger charge is -2.24. The first kappa shape index (κ1) is 13.8. The first-order valence-electron chi connectivity index (χ1n) is 6.96. The summed E-state index contributed by atoms with van der Waals surface area (Å²) in [6.45, 7) is 5.87. The zero-order chi connectivity index (χ0) is 12.8. The summed E-state index contributed by atoms with van der Waals surface area (Å²) in [5.41, 5.74) is 0. The molecule has 2 fully saturated rings. The molecule has 2 saturated heterocycles. The Labute approximate surface area is 109 Å². The molecule has 104 valence electrons. The molecular weight excluding hydrogens is 232 g/mol. The second-order valence-electron chi connectivity index (χ2n) is 5.27. The summed E-state index contributed by atoms with van der Waals surface area (Å²) >= 11 is 0. The minimum atomic E-state index is 0.0695. The highest BCUT2D eigenvalue weighted by atomic mass is 16.5. The van der Waals surface area contributed by atoms with E-state index in [1.807, 2.05) is 6.92 Å². The van der Waals surface area contributed by atoms with Crippen molar-refractivity contribution in [3.8, 4) is 0 Å². The highest BCUT2D eigenvalue weighted by Crippen LogP contribution is 2.11. The van der Waals surface area contributed by atoms with Gasteiger partial charge in [0.15, 0.2) is 0 Å². The lowest BCUT2D eigenvalue weighted by molar-refractivity contribution is -0.126. The Bertz CT molecular complexity index is 261. The fourth-order valence-corrected chi connectivity index (χ4v) is 2.40. The van der Waals surface area contributed by atoms with Crippen LogP contribution in [0.2, 0.25) is 0 Å². The van der Waals surface area contributed by atoms with Crippen LogP contribution in [0.4, 0.5) is 0 Å². The van der Waals surface area contributed by atoms with Crippen molar-refractivity contribution < 1.29 is 14.3 Å². The summed E-state index contributed by atoms with van der Waals surface area (Å²) in [6.07, 6.45) is 3.25. The Morgan fingerprint density at radius 2 is 2.44 bits per heavy atom. The minimum Gasteiger partial charge on any atom is -0.379 e. The van der Waals surface area contributed by atoms with Gasteiger partial charge in [0.05, 0.1) is 25.2 Å². The third-order valence-electron chi connectivity index (χ3n) is 3.53. The molecule has 5 heteroatoms. The van der Waals surface area contributed by atoms with Crippen molar-refractivity contribution in [3.05, 3.63) is 0 Å². The van der Waals surface area contributed by atoms with Crippen molar-refractivity contribution in [3.63, 3.8) is 0 Å². The predicted octanol–water partition coefficient (Wildman–Crippen LogP) is 0.296. The number of amides is 1. The van der Waals surface area contributed by atoms with Crippen LogP contribution >= 0.6 is 0 Å². The van der Waals surface area contributed by atoms with Crippen molar-refractivity contribution >= 4 is 5.91 Å². The van der Waals surface area contributed by atoms with Gasteiger partial charge in [-0.05, 0) is 32.7 Å². The Kier molecular flexibility index (Phi) is 5.41. The van der Waals surface area contributed by atoms with Gasteiger partial charge in [0.2, 0.25) is 5.91 Å². The van der Waals surface area contributed by atoms with Crippen LogP contribution in [-0.2, 0) is 14.3 Å². The molecule has 0 aromatic heterocycles. The maximum atomic E-state index is 12.0. The van der Waals surface area contributed by atoms with E-state index in [1.165, 1.54) is 0 Å². The van der Waals surface area contributed by atoms with E-state index in [-0.39, 0.29) is 24.0 Å². The molecular formula is C13H24N2O3. The SMILES string of the molecule is CC(COC1CCOC1)NC(=O)C1CCCNC1. The van der Waals surface area contributed by atoms with Gasteiger partial charge < -0.3 is 20.1 Å². The number of ether oxygens (including phenoxy) is 2. The molecule has 2 rings (SSSR count). The van der Waals surface area contributed by atoms with E-state index in [0.717, 1.165) is 39.0 Å². The van der Waals surface area contributed by atoms with Crippen molar-refractivity contribution in [2.45, 2.75) is 38.3 Å². The van der Waals surface area contributed by atoms with E-state index < -0.39 is 0 Å². The van der Waals surface area contributed by atoms with Crippen molar-refractivity contribution in [2.75, 3.05) is 32.9 Å². The van der Waals surface area contributed by atoms with Crippen LogP contribution in [-0.4, -0.2) is 51.0 Å². The Morgan fingerprint density at radius 1 is 1.56 bits per heavy atom. The van der Waals surface area contributed by atoms with Gasteiger partial charge in [-0.25, -0.2) is 0 Å². The summed E-state index contributed by atoms with van der Waals surface area (Å²) in [4.78, 5) is 12.0. The van der Waals surface area contributed by atoms with Crippen LogP contribution in [0.1, 0.15) is 26.2 Å². The largest absolute Gasteiger partial charge is 0.379 e.